The molecular weight excluding hydrogens is 253 g/mol. The topological polar surface area (TPSA) is 69.4 Å². The number of nitrogens with zero attached hydrogens (tertiary/aromatic N) is 1. The summed E-state index contributed by atoms with van der Waals surface area (Å²) >= 11 is 0. The maximum atomic E-state index is 13.3. The van der Waals surface area contributed by atoms with E-state index >= 15 is 0 Å². The van der Waals surface area contributed by atoms with Crippen LogP contribution in [0.1, 0.15) is 10.4 Å². The maximum absolute atomic E-state index is 13.3. The minimum absolute atomic E-state index is 0.0591. The Morgan fingerprint density at radius 3 is 2.42 bits per heavy atom. The number of carbonyl (C=O) groups is 1. The summed E-state index contributed by atoms with van der Waals surface area (Å²) in [5, 5.41) is 10.5. The normalized spacial score (nSPS) is 9.95. The van der Waals surface area contributed by atoms with Crippen LogP contribution in [0.4, 0.5) is 10.1 Å². The van der Waals surface area contributed by atoms with Gasteiger partial charge in [0, 0.05) is 12.1 Å². The van der Waals surface area contributed by atoms with E-state index in [1.54, 1.807) is 0 Å². The quantitative estimate of drug-likeness (QED) is 0.480. The Labute approximate surface area is 107 Å². The molecule has 0 atom stereocenters. The van der Waals surface area contributed by atoms with Gasteiger partial charge in [0.2, 0.25) is 0 Å². The standard InChI is InChI=1S/C13H8FNO4/c14-12-2-1-3-13(11(12)8-16)19-10-6-4-9(5-7-10)15(17)18/h1-8H. The van der Waals surface area contributed by atoms with Crippen LogP contribution in [0, 0.1) is 15.9 Å². The lowest BCUT2D eigenvalue weighted by atomic mass is 10.2. The van der Waals surface area contributed by atoms with Crippen LogP contribution in [0.15, 0.2) is 42.5 Å². The Kier molecular flexibility index (Phi) is 3.51. The van der Waals surface area contributed by atoms with Gasteiger partial charge in [-0.05, 0) is 24.3 Å². The predicted molar refractivity (Wildman–Crippen MR) is 65.0 cm³/mol. The van der Waals surface area contributed by atoms with Gasteiger partial charge in [-0.3, -0.25) is 14.9 Å². The Hall–Kier alpha value is -2.76. The molecule has 0 fully saturated rings. The molecule has 2 aromatic rings. The number of hydrogen-bond acceptors (Lipinski definition) is 4. The first kappa shape index (κ1) is 12.7. The van der Waals surface area contributed by atoms with Crippen LogP contribution in [0.2, 0.25) is 0 Å². The van der Waals surface area contributed by atoms with Crippen LogP contribution in [0.25, 0.3) is 0 Å². The van der Waals surface area contributed by atoms with E-state index in [1.165, 1.54) is 36.4 Å². The second kappa shape index (κ2) is 5.26. The third-order valence-electron chi connectivity index (χ3n) is 2.41. The smallest absolute Gasteiger partial charge is 0.269 e. The summed E-state index contributed by atoms with van der Waals surface area (Å²) in [6.07, 6.45) is 0.357. The molecule has 0 bridgehead atoms. The first-order chi connectivity index (χ1) is 9.11. The predicted octanol–water partition coefficient (Wildman–Crippen LogP) is 3.34. The highest BCUT2D eigenvalue weighted by Crippen LogP contribution is 2.27. The van der Waals surface area contributed by atoms with Gasteiger partial charge < -0.3 is 4.74 Å². The van der Waals surface area contributed by atoms with Crippen molar-refractivity contribution < 1.29 is 18.8 Å². The van der Waals surface area contributed by atoms with Crippen molar-refractivity contribution in [2.24, 2.45) is 0 Å². The summed E-state index contributed by atoms with van der Waals surface area (Å²) < 4.78 is 18.6. The summed E-state index contributed by atoms with van der Waals surface area (Å²) in [5.74, 6) is -0.349. The highest BCUT2D eigenvalue weighted by Gasteiger charge is 2.10. The van der Waals surface area contributed by atoms with Crippen LogP contribution in [0.5, 0.6) is 11.5 Å². The molecule has 0 heterocycles. The fraction of sp³-hybridized carbons (Fsp3) is 0. The average Bonchev–Trinajstić information content (AvgIpc) is 2.39. The Morgan fingerprint density at radius 2 is 1.84 bits per heavy atom. The minimum Gasteiger partial charge on any atom is -0.457 e. The minimum atomic E-state index is -0.686. The molecule has 96 valence electrons. The number of nitro benzene ring substituents is 1. The maximum Gasteiger partial charge on any atom is 0.269 e. The van der Waals surface area contributed by atoms with Gasteiger partial charge >= 0.3 is 0 Å². The van der Waals surface area contributed by atoms with Crippen molar-refractivity contribution in [1.29, 1.82) is 0 Å². The van der Waals surface area contributed by atoms with E-state index in [1.807, 2.05) is 0 Å². The molecule has 0 saturated carbocycles. The number of halogens is 1. The van der Waals surface area contributed by atoms with E-state index in [0.717, 1.165) is 6.07 Å². The lowest BCUT2D eigenvalue weighted by molar-refractivity contribution is -0.384. The highest BCUT2D eigenvalue weighted by atomic mass is 19.1. The molecule has 0 radical (unpaired) electrons. The molecule has 0 spiro atoms. The highest BCUT2D eigenvalue weighted by molar-refractivity contribution is 5.79. The summed E-state index contributed by atoms with van der Waals surface area (Å²) in [6.45, 7) is 0. The zero-order chi connectivity index (χ0) is 13.8. The summed E-state index contributed by atoms with van der Waals surface area (Å²) in [4.78, 5) is 20.7. The first-order valence-corrected chi connectivity index (χ1v) is 5.28. The zero-order valence-electron chi connectivity index (χ0n) is 9.58. The molecular formula is C13H8FNO4. The number of benzene rings is 2. The summed E-state index contributed by atoms with van der Waals surface area (Å²) in [5.41, 5.74) is -0.275. The molecule has 0 saturated heterocycles. The molecule has 0 unspecified atom stereocenters. The third kappa shape index (κ3) is 2.74. The molecule has 0 aliphatic carbocycles. The SMILES string of the molecule is O=Cc1c(F)cccc1Oc1ccc([N+](=O)[O-])cc1. The van der Waals surface area contributed by atoms with E-state index < -0.39 is 10.7 Å². The molecule has 2 aromatic carbocycles. The second-order valence-electron chi connectivity index (χ2n) is 3.62. The molecule has 19 heavy (non-hydrogen) atoms. The van der Waals surface area contributed by atoms with E-state index in [2.05, 4.69) is 0 Å². The fourth-order valence-corrected chi connectivity index (χ4v) is 1.48. The monoisotopic (exact) mass is 261 g/mol. The van der Waals surface area contributed by atoms with E-state index in [-0.39, 0.29) is 22.7 Å². The molecule has 0 aliphatic rings. The van der Waals surface area contributed by atoms with E-state index in [0.29, 0.717) is 6.29 Å². The van der Waals surface area contributed by atoms with Gasteiger partial charge in [-0.1, -0.05) is 6.07 Å². The van der Waals surface area contributed by atoms with E-state index in [9.17, 15) is 19.3 Å². The van der Waals surface area contributed by atoms with Crippen molar-refractivity contribution in [2.75, 3.05) is 0 Å². The lowest BCUT2D eigenvalue weighted by Gasteiger charge is -2.07. The van der Waals surface area contributed by atoms with Crippen LogP contribution < -0.4 is 4.74 Å². The van der Waals surface area contributed by atoms with Crippen LogP contribution in [-0.2, 0) is 0 Å². The Bertz CT molecular complexity index is 625. The molecule has 0 aliphatic heterocycles. The Morgan fingerprint density at radius 1 is 1.16 bits per heavy atom. The summed E-state index contributed by atoms with van der Waals surface area (Å²) in [7, 11) is 0. The van der Waals surface area contributed by atoms with E-state index in [4.69, 9.17) is 4.74 Å². The number of rotatable bonds is 4. The number of nitro groups is 1. The van der Waals surface area contributed by atoms with Crippen LogP contribution >= 0.6 is 0 Å². The zero-order valence-corrected chi connectivity index (χ0v) is 9.58. The van der Waals surface area contributed by atoms with Gasteiger partial charge in [0.1, 0.15) is 17.3 Å². The number of aldehydes is 1. The van der Waals surface area contributed by atoms with Gasteiger partial charge in [0.25, 0.3) is 5.69 Å². The van der Waals surface area contributed by atoms with Crippen LogP contribution in [-0.4, -0.2) is 11.2 Å². The average molecular weight is 261 g/mol. The van der Waals surface area contributed by atoms with Gasteiger partial charge in [-0.25, -0.2) is 4.39 Å². The molecule has 0 aromatic heterocycles. The first-order valence-electron chi connectivity index (χ1n) is 5.28. The molecule has 0 amide bonds. The number of carbonyl (C=O) groups excluding carboxylic acids is 1. The lowest BCUT2D eigenvalue weighted by Crippen LogP contribution is -1.94. The summed E-state index contributed by atoms with van der Waals surface area (Å²) in [6, 6.07) is 9.25. The Balaban J connectivity index is 2.28. The molecule has 2 rings (SSSR count). The largest absolute Gasteiger partial charge is 0.457 e. The second-order valence-corrected chi connectivity index (χ2v) is 3.62. The number of ether oxygens (including phenoxy) is 1. The van der Waals surface area contributed by atoms with Crippen molar-refractivity contribution in [2.45, 2.75) is 0 Å². The number of hydrogen-bond donors (Lipinski definition) is 0. The molecule has 0 N–H and O–H groups in total. The molecule has 5 nitrogen and oxygen atoms in total. The third-order valence-corrected chi connectivity index (χ3v) is 2.41. The van der Waals surface area contributed by atoms with Crippen molar-refractivity contribution in [3.05, 3.63) is 64.0 Å². The van der Waals surface area contributed by atoms with Gasteiger partial charge in [-0.2, -0.15) is 0 Å². The fourth-order valence-electron chi connectivity index (χ4n) is 1.48. The van der Waals surface area contributed by atoms with Crippen molar-refractivity contribution in [3.63, 3.8) is 0 Å². The van der Waals surface area contributed by atoms with Crippen LogP contribution in [0.3, 0.4) is 0 Å². The molecule has 6 heteroatoms. The van der Waals surface area contributed by atoms with Crippen molar-refractivity contribution >= 4 is 12.0 Å². The van der Waals surface area contributed by atoms with Gasteiger partial charge in [-0.15, -0.1) is 0 Å². The van der Waals surface area contributed by atoms with Gasteiger partial charge in [0.05, 0.1) is 10.5 Å². The van der Waals surface area contributed by atoms with Gasteiger partial charge in [0.15, 0.2) is 6.29 Å². The number of non-ortho nitro benzene ring substituents is 1. The van der Waals surface area contributed by atoms with Crippen molar-refractivity contribution in [1.82, 2.24) is 0 Å². The van der Waals surface area contributed by atoms with Crippen molar-refractivity contribution in [3.8, 4) is 11.5 Å².